The van der Waals surface area contributed by atoms with E-state index in [0.717, 1.165) is 32.0 Å². The van der Waals surface area contributed by atoms with Gasteiger partial charge in [-0.15, -0.1) is 0 Å². The molecule has 0 radical (unpaired) electrons. The molecular weight excluding hydrogens is 691 g/mol. The summed E-state index contributed by atoms with van der Waals surface area (Å²) >= 11 is 0. The van der Waals surface area contributed by atoms with E-state index in [4.69, 9.17) is 4.42 Å². The predicted molar refractivity (Wildman–Crippen MR) is 170 cm³/mol. The number of carboxylic acid groups (broad SMARTS) is 2. The Kier molecular flexibility index (Phi) is 14.6. The number of anilines is 1. The molecule has 0 fully saturated rings. The highest BCUT2D eigenvalue weighted by molar-refractivity contribution is 6.01. The van der Waals surface area contributed by atoms with Crippen molar-refractivity contribution in [3.8, 4) is 0 Å². The Bertz CT molecular complexity index is 1710. The second-order valence-electron chi connectivity index (χ2n) is 11.6. The number of aliphatic carboxylic acids is 2. The molecule has 1 aromatic heterocycles. The molecule has 17 nitrogen and oxygen atoms in total. The summed E-state index contributed by atoms with van der Waals surface area (Å²) in [6.45, 7) is 5.59. The molecule has 0 saturated heterocycles. The van der Waals surface area contributed by atoms with Gasteiger partial charge in [0.25, 0.3) is 0 Å². The van der Waals surface area contributed by atoms with Gasteiger partial charge < -0.3 is 46.3 Å². The van der Waals surface area contributed by atoms with Gasteiger partial charge in [-0.1, -0.05) is 20.3 Å². The molecule has 0 saturated carbocycles. The summed E-state index contributed by atoms with van der Waals surface area (Å²) in [7, 11) is 0. The van der Waals surface area contributed by atoms with Crippen LogP contribution in [-0.4, -0.2) is 87.1 Å². The Morgan fingerprint density at radius 2 is 1.43 bits per heavy atom. The summed E-state index contributed by atoms with van der Waals surface area (Å²) in [6.07, 6.45) is -8.39. The van der Waals surface area contributed by atoms with Crippen molar-refractivity contribution in [2.75, 3.05) is 5.32 Å². The summed E-state index contributed by atoms with van der Waals surface area (Å²) in [4.78, 5) is 98.9. The minimum absolute atomic E-state index is 0.244. The van der Waals surface area contributed by atoms with Crippen LogP contribution in [-0.2, 0) is 39.7 Å². The fourth-order valence-corrected chi connectivity index (χ4v) is 4.73. The second kappa shape index (κ2) is 17.9. The van der Waals surface area contributed by atoms with Gasteiger partial charge in [-0.05, 0) is 31.4 Å². The normalized spacial score (nSPS) is 14.9. The number of aliphatic hydroxyl groups is 1. The largest absolute Gasteiger partial charge is 0.481 e. The van der Waals surface area contributed by atoms with Crippen LogP contribution in [0.25, 0.3) is 11.0 Å². The summed E-state index contributed by atoms with van der Waals surface area (Å²) in [5.41, 5.74) is -3.47. The molecule has 20 heteroatoms. The number of alkyl halides is 3. The molecule has 0 aliphatic rings. The zero-order valence-corrected chi connectivity index (χ0v) is 27.8. The lowest BCUT2D eigenvalue weighted by atomic mass is 9.97. The van der Waals surface area contributed by atoms with E-state index in [0.29, 0.717) is 6.42 Å². The first kappa shape index (κ1) is 41.6. The summed E-state index contributed by atoms with van der Waals surface area (Å²) in [5, 5.41) is 39.6. The number of fused-ring (bicyclic) bond motifs is 1. The van der Waals surface area contributed by atoms with Gasteiger partial charge in [0.05, 0.1) is 18.1 Å². The van der Waals surface area contributed by atoms with Crippen LogP contribution in [0, 0.1) is 5.92 Å². The smallest absolute Gasteiger partial charge is 0.417 e. The lowest BCUT2D eigenvalue weighted by molar-refractivity contribution is -0.141. The average Bonchev–Trinajstić information content (AvgIpc) is 3.01. The van der Waals surface area contributed by atoms with Gasteiger partial charge in [0.15, 0.2) is 0 Å². The van der Waals surface area contributed by atoms with E-state index in [-0.39, 0.29) is 11.8 Å². The van der Waals surface area contributed by atoms with Crippen LogP contribution >= 0.6 is 0 Å². The van der Waals surface area contributed by atoms with Crippen LogP contribution in [0.3, 0.4) is 0 Å². The van der Waals surface area contributed by atoms with E-state index in [9.17, 15) is 66.8 Å². The Balaban J connectivity index is 2.32. The van der Waals surface area contributed by atoms with Crippen molar-refractivity contribution < 1.29 is 66.5 Å². The number of carbonyl (C=O) groups is 7. The molecule has 0 aliphatic carbocycles. The number of amides is 5. The molecule has 1 unspecified atom stereocenters. The number of hydrogen-bond acceptors (Lipinski definition) is 10. The third-order valence-electron chi connectivity index (χ3n) is 7.53. The summed E-state index contributed by atoms with van der Waals surface area (Å²) in [5.74, 6) is -8.42. The van der Waals surface area contributed by atoms with Crippen LogP contribution in [0.2, 0.25) is 0 Å². The minimum Gasteiger partial charge on any atom is -0.481 e. The third-order valence-corrected chi connectivity index (χ3v) is 7.53. The number of hydrogen-bond donors (Lipinski definition) is 8. The molecule has 0 aliphatic heterocycles. The van der Waals surface area contributed by atoms with Crippen molar-refractivity contribution in [1.29, 1.82) is 0 Å². The lowest BCUT2D eigenvalue weighted by Crippen LogP contribution is -2.61. The molecular formula is C31H38F3N5O12. The lowest BCUT2D eigenvalue weighted by Gasteiger charge is -2.28. The summed E-state index contributed by atoms with van der Waals surface area (Å²) < 4.78 is 45.0. The highest BCUT2D eigenvalue weighted by atomic mass is 19.4. The molecule has 2 aromatic rings. The van der Waals surface area contributed by atoms with Crippen LogP contribution < -0.4 is 32.2 Å². The number of carboxylic acids is 2. The van der Waals surface area contributed by atoms with Crippen LogP contribution in [0.15, 0.2) is 33.5 Å². The zero-order chi connectivity index (χ0) is 38.8. The SMILES string of the molecule is CC[C@H](C)[C@H](NC(C)=O)C(=O)N[C@@H](CCC(=O)O)C(=O)NC(C(=O)N[C@@H](CC(=O)O)C(=O)Nc1ccc2c(C(F)(F)F)cc(=O)oc2c1)[C@@H](C)O. The first-order chi connectivity index (χ1) is 23.6. The topological polar surface area (TPSA) is 271 Å². The highest BCUT2D eigenvalue weighted by Gasteiger charge is 2.36. The molecule has 2 rings (SSSR count). The van der Waals surface area contributed by atoms with Crippen LogP contribution in [0.5, 0.6) is 0 Å². The van der Waals surface area contributed by atoms with E-state index in [1.165, 1.54) is 0 Å². The number of halogens is 3. The number of nitrogens with one attached hydrogen (secondary N) is 5. The van der Waals surface area contributed by atoms with Crippen molar-refractivity contribution in [2.45, 2.75) is 89.8 Å². The Morgan fingerprint density at radius 3 is 1.96 bits per heavy atom. The fourth-order valence-electron chi connectivity index (χ4n) is 4.73. The van der Waals surface area contributed by atoms with E-state index in [1.54, 1.807) is 13.8 Å². The molecule has 8 N–H and O–H groups in total. The zero-order valence-electron chi connectivity index (χ0n) is 27.8. The minimum atomic E-state index is -4.92. The van der Waals surface area contributed by atoms with Crippen LogP contribution in [0.1, 0.15) is 58.9 Å². The third kappa shape index (κ3) is 12.4. The fraction of sp³-hybridized carbons (Fsp3) is 0.484. The monoisotopic (exact) mass is 729 g/mol. The predicted octanol–water partition coefficient (Wildman–Crippen LogP) is 0.476. The van der Waals surface area contributed by atoms with E-state index in [1.807, 2.05) is 0 Å². The van der Waals surface area contributed by atoms with Gasteiger partial charge in [-0.2, -0.15) is 13.2 Å². The number of rotatable bonds is 17. The second-order valence-corrected chi connectivity index (χ2v) is 11.6. The Morgan fingerprint density at radius 1 is 0.824 bits per heavy atom. The van der Waals surface area contributed by atoms with Gasteiger partial charge in [0.1, 0.15) is 29.8 Å². The molecule has 0 bridgehead atoms. The molecule has 51 heavy (non-hydrogen) atoms. The maximum Gasteiger partial charge on any atom is 0.417 e. The molecule has 280 valence electrons. The van der Waals surface area contributed by atoms with E-state index < -0.39 is 125 Å². The van der Waals surface area contributed by atoms with E-state index in [2.05, 4.69) is 26.6 Å². The van der Waals surface area contributed by atoms with E-state index >= 15 is 0 Å². The highest BCUT2D eigenvalue weighted by Crippen LogP contribution is 2.34. The molecule has 5 amide bonds. The quantitative estimate of drug-likeness (QED) is 0.103. The van der Waals surface area contributed by atoms with Crippen molar-refractivity contribution in [1.82, 2.24) is 21.3 Å². The van der Waals surface area contributed by atoms with Gasteiger partial charge >= 0.3 is 23.7 Å². The first-order valence-electron chi connectivity index (χ1n) is 15.4. The van der Waals surface area contributed by atoms with Crippen molar-refractivity contribution >= 4 is 58.1 Å². The number of carbonyl (C=O) groups excluding carboxylic acids is 5. The molecule has 1 aromatic carbocycles. The Labute approximate surface area is 287 Å². The number of benzene rings is 1. The molecule has 0 spiro atoms. The van der Waals surface area contributed by atoms with Crippen molar-refractivity contribution in [3.63, 3.8) is 0 Å². The maximum atomic E-state index is 13.4. The van der Waals surface area contributed by atoms with Crippen LogP contribution in [0.4, 0.5) is 18.9 Å². The first-order valence-corrected chi connectivity index (χ1v) is 15.4. The van der Waals surface area contributed by atoms with Gasteiger partial charge in [-0.25, -0.2) is 4.79 Å². The van der Waals surface area contributed by atoms with Crippen molar-refractivity contribution in [2.24, 2.45) is 5.92 Å². The summed E-state index contributed by atoms with van der Waals surface area (Å²) in [6, 6.07) is -3.54. The van der Waals surface area contributed by atoms with Crippen molar-refractivity contribution in [3.05, 3.63) is 40.2 Å². The van der Waals surface area contributed by atoms with Gasteiger partial charge in [-0.3, -0.25) is 33.6 Å². The average molecular weight is 730 g/mol. The van der Waals surface area contributed by atoms with Gasteiger partial charge in [0.2, 0.25) is 29.5 Å². The molecule has 1 heterocycles. The number of aliphatic hydroxyl groups excluding tert-OH is 1. The Hall–Kier alpha value is -5.53. The standard InChI is InChI=1S/C31H38F3N5O12/c1-5-13(2)25(35-15(4)41)29(49)37-19(8-9-22(42)43)27(47)39-26(14(3)40)30(50)38-20(12-23(44)45)28(48)36-16-6-7-17-18(31(32,33)34)11-24(46)51-21(17)10-16/h6-7,10-11,13-14,19-20,25-26,40H,5,8-9,12H2,1-4H3,(H,35,41)(H,36,48)(H,37,49)(H,38,50)(H,39,47)(H,42,43)(H,44,45)/t13-,14+,19-,20-,25-,26?/m0/s1. The maximum absolute atomic E-state index is 13.4. The van der Waals surface area contributed by atoms with Gasteiger partial charge in [0, 0.05) is 36.6 Å². The molecule has 6 atom stereocenters.